The minimum Gasteiger partial charge on any atom is -0.344 e. The molecule has 3 N–H and O–H groups in total. The summed E-state index contributed by atoms with van der Waals surface area (Å²) < 4.78 is 0. The van der Waals surface area contributed by atoms with Crippen LogP contribution in [0.15, 0.2) is 0 Å². The fraction of sp³-hybridized carbons (Fsp3) is 0.909. The van der Waals surface area contributed by atoms with Crippen molar-refractivity contribution in [3.63, 3.8) is 0 Å². The molecule has 0 heterocycles. The van der Waals surface area contributed by atoms with Gasteiger partial charge in [0.2, 0.25) is 5.91 Å². The molecule has 4 heteroatoms. The highest BCUT2D eigenvalue weighted by Gasteiger charge is 2.16. The summed E-state index contributed by atoms with van der Waals surface area (Å²) in [5.74, 6) is 0.0690. The Hall–Kier alpha value is -0.610. The molecule has 4 nitrogen and oxygen atoms in total. The average Bonchev–Trinajstić information content (AvgIpc) is 2.24. The van der Waals surface area contributed by atoms with E-state index in [1.165, 1.54) is 0 Å². The second-order valence-corrected chi connectivity index (χ2v) is 3.97. The number of nitrogens with one attached hydrogen (secondary N) is 1. The molecule has 0 aromatic carbocycles. The van der Waals surface area contributed by atoms with E-state index < -0.39 is 0 Å². The lowest BCUT2D eigenvalue weighted by atomic mass is 10.1. The van der Waals surface area contributed by atoms with Gasteiger partial charge in [0.05, 0.1) is 6.04 Å². The Kier molecular flexibility index (Phi) is 8.33. The summed E-state index contributed by atoms with van der Waals surface area (Å²) in [6.45, 7) is 3.81. The highest BCUT2D eigenvalue weighted by Crippen LogP contribution is 2.01. The second-order valence-electron chi connectivity index (χ2n) is 3.97. The zero-order valence-electron chi connectivity index (χ0n) is 10.3. The highest BCUT2D eigenvalue weighted by molar-refractivity contribution is 5.81. The molecule has 0 fully saturated rings. The average molecular weight is 215 g/mol. The summed E-state index contributed by atoms with van der Waals surface area (Å²) in [6.07, 6.45) is 3.88. The van der Waals surface area contributed by atoms with Crippen LogP contribution in [-0.4, -0.2) is 44.0 Å². The smallest absolute Gasteiger partial charge is 0.239 e. The van der Waals surface area contributed by atoms with Gasteiger partial charge in [-0.25, -0.2) is 0 Å². The lowest BCUT2D eigenvalue weighted by Gasteiger charge is -2.21. The van der Waals surface area contributed by atoms with Gasteiger partial charge in [-0.2, -0.15) is 0 Å². The van der Waals surface area contributed by atoms with Crippen molar-refractivity contribution in [2.24, 2.45) is 5.73 Å². The fourth-order valence-electron chi connectivity index (χ4n) is 1.43. The summed E-state index contributed by atoms with van der Waals surface area (Å²) in [5.41, 5.74) is 5.80. The first kappa shape index (κ1) is 14.4. The van der Waals surface area contributed by atoms with Crippen molar-refractivity contribution >= 4 is 5.91 Å². The molecule has 1 amide bonds. The predicted molar refractivity (Wildman–Crippen MR) is 63.7 cm³/mol. The van der Waals surface area contributed by atoms with Gasteiger partial charge in [-0.3, -0.25) is 4.79 Å². The van der Waals surface area contributed by atoms with Gasteiger partial charge in [-0.15, -0.1) is 0 Å². The largest absolute Gasteiger partial charge is 0.344 e. The van der Waals surface area contributed by atoms with Crippen molar-refractivity contribution in [1.29, 1.82) is 0 Å². The molecule has 0 saturated carbocycles. The van der Waals surface area contributed by atoms with Crippen LogP contribution in [0.5, 0.6) is 0 Å². The van der Waals surface area contributed by atoms with Crippen LogP contribution < -0.4 is 11.1 Å². The summed E-state index contributed by atoms with van der Waals surface area (Å²) >= 11 is 0. The molecular weight excluding hydrogens is 190 g/mol. The van der Waals surface area contributed by atoms with Crippen molar-refractivity contribution in [1.82, 2.24) is 10.2 Å². The summed E-state index contributed by atoms with van der Waals surface area (Å²) in [4.78, 5) is 13.5. The van der Waals surface area contributed by atoms with Gasteiger partial charge in [0.15, 0.2) is 0 Å². The van der Waals surface area contributed by atoms with Gasteiger partial charge in [-0.05, 0) is 26.4 Å². The Morgan fingerprint density at radius 1 is 1.47 bits per heavy atom. The number of carbonyl (C=O) groups excluding carboxylic acids is 1. The summed E-state index contributed by atoms with van der Waals surface area (Å²) in [7, 11) is 3.73. The van der Waals surface area contributed by atoms with Crippen LogP contribution in [-0.2, 0) is 4.79 Å². The number of nitrogens with two attached hydrogens (primary N) is 1. The highest BCUT2D eigenvalue weighted by atomic mass is 16.2. The topological polar surface area (TPSA) is 58.4 Å². The third kappa shape index (κ3) is 6.47. The van der Waals surface area contributed by atoms with Crippen LogP contribution in [0.3, 0.4) is 0 Å². The summed E-state index contributed by atoms with van der Waals surface area (Å²) in [5, 5.41) is 3.06. The van der Waals surface area contributed by atoms with Crippen molar-refractivity contribution in [3.05, 3.63) is 0 Å². The lowest BCUT2D eigenvalue weighted by Crippen LogP contribution is -2.42. The predicted octanol–water partition coefficient (Wildman–Crippen LogP) is 0.572. The third-order valence-electron chi connectivity index (χ3n) is 2.48. The zero-order valence-corrected chi connectivity index (χ0v) is 10.3. The molecular formula is C11H25N3O. The Morgan fingerprint density at radius 2 is 2.13 bits per heavy atom. The number of carbonyl (C=O) groups is 1. The second kappa shape index (κ2) is 8.68. The van der Waals surface area contributed by atoms with E-state index in [1.807, 2.05) is 14.1 Å². The molecule has 0 spiro atoms. The van der Waals surface area contributed by atoms with Crippen LogP contribution in [0.25, 0.3) is 0 Å². The van der Waals surface area contributed by atoms with E-state index in [1.54, 1.807) is 4.90 Å². The number of hydrogen-bond donors (Lipinski definition) is 2. The quantitative estimate of drug-likeness (QED) is 0.582. The monoisotopic (exact) mass is 215 g/mol. The normalized spacial score (nSPS) is 12.5. The van der Waals surface area contributed by atoms with Crippen molar-refractivity contribution in [2.45, 2.75) is 38.6 Å². The molecule has 0 bridgehead atoms. The van der Waals surface area contributed by atoms with E-state index in [9.17, 15) is 4.79 Å². The van der Waals surface area contributed by atoms with E-state index in [2.05, 4.69) is 12.2 Å². The van der Waals surface area contributed by atoms with E-state index in [0.29, 0.717) is 0 Å². The third-order valence-corrected chi connectivity index (χ3v) is 2.48. The van der Waals surface area contributed by atoms with Crippen LogP contribution in [0.1, 0.15) is 32.6 Å². The molecule has 0 radical (unpaired) electrons. The van der Waals surface area contributed by atoms with Crippen LogP contribution >= 0.6 is 0 Å². The minimum atomic E-state index is -0.315. The molecule has 15 heavy (non-hydrogen) atoms. The first-order chi connectivity index (χ1) is 7.13. The van der Waals surface area contributed by atoms with Crippen LogP contribution in [0, 0.1) is 0 Å². The standard InChI is InChI=1S/C11H25N3O/c1-4-5-7-10(12)11(15)14(3)9-6-8-13-2/h10,13H,4-9,12H2,1-3H3/t10-/m0/s1. The van der Waals surface area contributed by atoms with Crippen LogP contribution in [0.4, 0.5) is 0 Å². The summed E-state index contributed by atoms with van der Waals surface area (Å²) in [6, 6.07) is -0.315. The minimum absolute atomic E-state index is 0.0690. The number of likely N-dealkylation sites (N-methyl/N-ethyl adjacent to an activating group) is 1. The number of unbranched alkanes of at least 4 members (excludes halogenated alkanes) is 1. The van der Waals surface area contributed by atoms with Gasteiger partial charge in [0.25, 0.3) is 0 Å². The SMILES string of the molecule is CCCC[C@H](N)C(=O)N(C)CCCNC. The van der Waals surface area contributed by atoms with E-state index in [4.69, 9.17) is 5.73 Å². The van der Waals surface area contributed by atoms with Crippen molar-refractivity contribution < 1.29 is 4.79 Å². The Bertz CT molecular complexity index is 173. The maximum Gasteiger partial charge on any atom is 0.239 e. The number of hydrogen-bond acceptors (Lipinski definition) is 3. The van der Waals surface area contributed by atoms with Gasteiger partial charge in [-0.1, -0.05) is 19.8 Å². The molecule has 0 saturated heterocycles. The van der Waals surface area contributed by atoms with E-state index in [-0.39, 0.29) is 11.9 Å². The Labute approximate surface area is 93.2 Å². The lowest BCUT2D eigenvalue weighted by molar-refractivity contribution is -0.131. The number of rotatable bonds is 8. The molecule has 0 aliphatic carbocycles. The molecule has 0 aliphatic rings. The van der Waals surface area contributed by atoms with E-state index in [0.717, 1.165) is 38.8 Å². The zero-order chi connectivity index (χ0) is 11.7. The van der Waals surface area contributed by atoms with Crippen molar-refractivity contribution in [3.8, 4) is 0 Å². The van der Waals surface area contributed by atoms with Crippen LogP contribution in [0.2, 0.25) is 0 Å². The molecule has 0 unspecified atom stereocenters. The molecule has 0 aliphatic heterocycles. The Morgan fingerprint density at radius 3 is 2.67 bits per heavy atom. The molecule has 90 valence electrons. The first-order valence-electron chi connectivity index (χ1n) is 5.78. The molecule has 1 atom stereocenters. The Balaban J connectivity index is 3.75. The van der Waals surface area contributed by atoms with Gasteiger partial charge < -0.3 is 16.0 Å². The van der Waals surface area contributed by atoms with Gasteiger partial charge >= 0.3 is 0 Å². The van der Waals surface area contributed by atoms with Gasteiger partial charge in [0.1, 0.15) is 0 Å². The maximum atomic E-state index is 11.7. The maximum absolute atomic E-state index is 11.7. The molecule has 0 aromatic rings. The first-order valence-corrected chi connectivity index (χ1v) is 5.78. The van der Waals surface area contributed by atoms with E-state index >= 15 is 0 Å². The van der Waals surface area contributed by atoms with Crippen molar-refractivity contribution in [2.75, 3.05) is 27.2 Å². The fourth-order valence-corrected chi connectivity index (χ4v) is 1.43. The number of amides is 1. The molecule has 0 rings (SSSR count). The number of nitrogens with zero attached hydrogens (tertiary/aromatic N) is 1. The molecule has 0 aromatic heterocycles. The van der Waals surface area contributed by atoms with Gasteiger partial charge in [0, 0.05) is 13.6 Å².